The number of hydrogen-bond donors (Lipinski definition) is 1. The summed E-state index contributed by atoms with van der Waals surface area (Å²) in [5.41, 5.74) is 2.80. The standard InChI is InChI=1S/C14H24N2/c1-5-15-13(3)10-16(4)11-14-9-7-6-8-12(14)2/h6-9,13,15H,5,10-11H2,1-4H3. The number of aryl methyl sites for hydroxylation is 1. The highest BCUT2D eigenvalue weighted by Crippen LogP contribution is 2.09. The Morgan fingerprint density at radius 3 is 2.62 bits per heavy atom. The molecule has 0 aliphatic heterocycles. The van der Waals surface area contributed by atoms with Crippen molar-refractivity contribution in [1.29, 1.82) is 0 Å². The van der Waals surface area contributed by atoms with Crippen LogP contribution < -0.4 is 5.32 Å². The van der Waals surface area contributed by atoms with Gasteiger partial charge in [-0.1, -0.05) is 31.2 Å². The van der Waals surface area contributed by atoms with Crippen LogP contribution in [0.5, 0.6) is 0 Å². The Kier molecular flexibility index (Phi) is 5.50. The quantitative estimate of drug-likeness (QED) is 0.792. The highest BCUT2D eigenvalue weighted by atomic mass is 15.1. The van der Waals surface area contributed by atoms with Crippen LogP contribution in [-0.2, 0) is 6.54 Å². The van der Waals surface area contributed by atoms with Gasteiger partial charge < -0.3 is 10.2 Å². The Hall–Kier alpha value is -0.860. The average molecular weight is 220 g/mol. The lowest BCUT2D eigenvalue weighted by atomic mass is 10.1. The van der Waals surface area contributed by atoms with Gasteiger partial charge >= 0.3 is 0 Å². The van der Waals surface area contributed by atoms with E-state index in [4.69, 9.17) is 0 Å². The number of nitrogens with one attached hydrogen (secondary N) is 1. The first-order chi connectivity index (χ1) is 7.63. The van der Waals surface area contributed by atoms with Gasteiger partial charge in [0.15, 0.2) is 0 Å². The van der Waals surface area contributed by atoms with E-state index in [0.717, 1.165) is 19.6 Å². The molecule has 1 N–H and O–H groups in total. The van der Waals surface area contributed by atoms with Crippen LogP contribution in [0.3, 0.4) is 0 Å². The average Bonchev–Trinajstić information content (AvgIpc) is 2.21. The van der Waals surface area contributed by atoms with E-state index in [2.05, 4.69) is 62.3 Å². The first kappa shape index (κ1) is 13.2. The zero-order valence-electron chi connectivity index (χ0n) is 11.0. The second kappa shape index (κ2) is 6.66. The van der Waals surface area contributed by atoms with E-state index in [1.807, 2.05) is 0 Å². The summed E-state index contributed by atoms with van der Waals surface area (Å²) in [5, 5.41) is 3.44. The lowest BCUT2D eigenvalue weighted by Crippen LogP contribution is -2.37. The molecule has 1 aromatic carbocycles. The molecule has 0 aliphatic carbocycles. The molecule has 2 heteroatoms. The summed E-state index contributed by atoms with van der Waals surface area (Å²) in [7, 11) is 2.18. The third kappa shape index (κ3) is 4.33. The summed E-state index contributed by atoms with van der Waals surface area (Å²) in [6.07, 6.45) is 0. The van der Waals surface area contributed by atoms with Gasteiger partial charge in [0.05, 0.1) is 0 Å². The van der Waals surface area contributed by atoms with Gasteiger partial charge in [0.1, 0.15) is 0 Å². The SMILES string of the molecule is CCNC(C)CN(C)Cc1ccccc1C. The van der Waals surface area contributed by atoms with E-state index in [1.165, 1.54) is 11.1 Å². The second-order valence-corrected chi connectivity index (χ2v) is 4.58. The Morgan fingerprint density at radius 2 is 2.00 bits per heavy atom. The zero-order chi connectivity index (χ0) is 12.0. The lowest BCUT2D eigenvalue weighted by molar-refractivity contribution is 0.291. The molecule has 0 aliphatic rings. The fourth-order valence-electron chi connectivity index (χ4n) is 2.02. The van der Waals surface area contributed by atoms with Gasteiger partial charge in [0.25, 0.3) is 0 Å². The normalized spacial score (nSPS) is 13.1. The topological polar surface area (TPSA) is 15.3 Å². The van der Waals surface area contributed by atoms with Crippen molar-refractivity contribution in [3.63, 3.8) is 0 Å². The van der Waals surface area contributed by atoms with Gasteiger partial charge in [-0.2, -0.15) is 0 Å². The van der Waals surface area contributed by atoms with E-state index >= 15 is 0 Å². The summed E-state index contributed by atoms with van der Waals surface area (Å²) in [6, 6.07) is 9.16. The molecule has 16 heavy (non-hydrogen) atoms. The zero-order valence-corrected chi connectivity index (χ0v) is 11.0. The molecule has 1 atom stereocenters. The van der Waals surface area contributed by atoms with Crippen molar-refractivity contribution in [1.82, 2.24) is 10.2 Å². The summed E-state index contributed by atoms with van der Waals surface area (Å²) < 4.78 is 0. The van der Waals surface area contributed by atoms with Crippen molar-refractivity contribution in [3.05, 3.63) is 35.4 Å². The number of likely N-dealkylation sites (N-methyl/N-ethyl adjacent to an activating group) is 2. The van der Waals surface area contributed by atoms with Crippen molar-refractivity contribution < 1.29 is 0 Å². The molecule has 0 fully saturated rings. The molecule has 0 amide bonds. The molecular weight excluding hydrogens is 196 g/mol. The Labute approximate surface area is 99.7 Å². The highest BCUT2D eigenvalue weighted by molar-refractivity contribution is 5.25. The second-order valence-electron chi connectivity index (χ2n) is 4.58. The summed E-state index contributed by atoms with van der Waals surface area (Å²) >= 11 is 0. The minimum absolute atomic E-state index is 0.555. The van der Waals surface area contributed by atoms with E-state index < -0.39 is 0 Å². The molecule has 0 bridgehead atoms. The van der Waals surface area contributed by atoms with Gasteiger partial charge in [-0.15, -0.1) is 0 Å². The third-order valence-electron chi connectivity index (χ3n) is 2.84. The smallest absolute Gasteiger partial charge is 0.0233 e. The summed E-state index contributed by atoms with van der Waals surface area (Å²) in [6.45, 7) is 9.72. The molecule has 1 rings (SSSR count). The molecule has 0 heterocycles. The molecule has 0 saturated heterocycles. The number of hydrogen-bond acceptors (Lipinski definition) is 2. The van der Waals surface area contributed by atoms with Crippen LogP contribution in [0, 0.1) is 6.92 Å². The minimum atomic E-state index is 0.555. The predicted molar refractivity (Wildman–Crippen MR) is 70.7 cm³/mol. The Morgan fingerprint density at radius 1 is 1.31 bits per heavy atom. The van der Waals surface area contributed by atoms with Crippen LogP contribution in [0.4, 0.5) is 0 Å². The molecule has 0 aromatic heterocycles. The fraction of sp³-hybridized carbons (Fsp3) is 0.571. The maximum atomic E-state index is 3.44. The molecule has 1 unspecified atom stereocenters. The van der Waals surface area contributed by atoms with Crippen LogP contribution >= 0.6 is 0 Å². The molecule has 1 aromatic rings. The van der Waals surface area contributed by atoms with Crippen molar-refractivity contribution in [3.8, 4) is 0 Å². The molecule has 0 radical (unpaired) electrons. The van der Waals surface area contributed by atoms with Crippen LogP contribution in [0.1, 0.15) is 25.0 Å². The van der Waals surface area contributed by atoms with Gasteiger partial charge in [-0.25, -0.2) is 0 Å². The van der Waals surface area contributed by atoms with E-state index in [9.17, 15) is 0 Å². The molecular formula is C14H24N2. The minimum Gasteiger partial charge on any atom is -0.313 e. The predicted octanol–water partition coefficient (Wildman–Crippen LogP) is 2.42. The fourth-order valence-corrected chi connectivity index (χ4v) is 2.02. The van der Waals surface area contributed by atoms with Crippen LogP contribution in [0.15, 0.2) is 24.3 Å². The van der Waals surface area contributed by atoms with Crippen LogP contribution in [-0.4, -0.2) is 31.1 Å². The van der Waals surface area contributed by atoms with E-state index in [-0.39, 0.29) is 0 Å². The van der Waals surface area contributed by atoms with Gasteiger partial charge in [-0.05, 0) is 38.6 Å². The van der Waals surface area contributed by atoms with Gasteiger partial charge in [0.2, 0.25) is 0 Å². The monoisotopic (exact) mass is 220 g/mol. The van der Waals surface area contributed by atoms with Crippen molar-refractivity contribution in [2.45, 2.75) is 33.4 Å². The molecule has 0 saturated carbocycles. The van der Waals surface area contributed by atoms with Crippen molar-refractivity contribution in [2.75, 3.05) is 20.1 Å². The third-order valence-corrected chi connectivity index (χ3v) is 2.84. The molecule has 90 valence electrons. The lowest BCUT2D eigenvalue weighted by Gasteiger charge is -2.22. The molecule has 0 spiro atoms. The maximum Gasteiger partial charge on any atom is 0.0233 e. The van der Waals surface area contributed by atoms with E-state index in [0.29, 0.717) is 6.04 Å². The van der Waals surface area contributed by atoms with Crippen molar-refractivity contribution >= 4 is 0 Å². The van der Waals surface area contributed by atoms with Crippen LogP contribution in [0.2, 0.25) is 0 Å². The summed E-state index contributed by atoms with van der Waals surface area (Å²) in [5.74, 6) is 0. The van der Waals surface area contributed by atoms with Crippen LogP contribution in [0.25, 0.3) is 0 Å². The largest absolute Gasteiger partial charge is 0.313 e. The number of nitrogens with zero attached hydrogens (tertiary/aromatic N) is 1. The van der Waals surface area contributed by atoms with Gasteiger partial charge in [0, 0.05) is 19.1 Å². The van der Waals surface area contributed by atoms with E-state index in [1.54, 1.807) is 0 Å². The first-order valence-electron chi connectivity index (χ1n) is 6.10. The van der Waals surface area contributed by atoms with Gasteiger partial charge in [-0.3, -0.25) is 0 Å². The number of benzene rings is 1. The maximum absolute atomic E-state index is 3.44. The first-order valence-corrected chi connectivity index (χ1v) is 6.10. The molecule has 2 nitrogen and oxygen atoms in total. The Bertz CT molecular complexity index is 309. The number of rotatable bonds is 6. The Balaban J connectivity index is 2.45. The highest BCUT2D eigenvalue weighted by Gasteiger charge is 2.06. The van der Waals surface area contributed by atoms with Crippen molar-refractivity contribution in [2.24, 2.45) is 0 Å². The summed E-state index contributed by atoms with van der Waals surface area (Å²) in [4.78, 5) is 2.37.